The molecule has 142 valence electrons. The highest BCUT2D eigenvalue weighted by Crippen LogP contribution is 2.33. The first-order valence-electron chi connectivity index (χ1n) is 10.5. The van der Waals surface area contributed by atoms with E-state index >= 15 is 0 Å². The fourth-order valence-corrected chi connectivity index (χ4v) is 4.26. The number of benzene rings is 1. The molecule has 0 spiro atoms. The van der Waals surface area contributed by atoms with Crippen LogP contribution in [0, 0.1) is 5.92 Å². The molecule has 3 fully saturated rings. The zero-order valence-corrected chi connectivity index (χ0v) is 15.8. The molecular weight excluding hydrogens is 324 g/mol. The van der Waals surface area contributed by atoms with Gasteiger partial charge in [0.1, 0.15) is 0 Å². The molecule has 0 radical (unpaired) electrons. The lowest BCUT2D eigenvalue weighted by Crippen LogP contribution is -2.43. The highest BCUT2D eigenvalue weighted by atomic mass is 16.5. The Kier molecular flexibility index (Phi) is 5.91. The van der Waals surface area contributed by atoms with Gasteiger partial charge in [-0.25, -0.2) is 0 Å². The van der Waals surface area contributed by atoms with Gasteiger partial charge in [-0.3, -0.25) is 9.69 Å². The lowest BCUT2D eigenvalue weighted by molar-refractivity contribution is -0.135. The minimum atomic E-state index is 0.352. The quantitative estimate of drug-likeness (QED) is 0.782. The van der Waals surface area contributed by atoms with Crippen LogP contribution in [0.5, 0.6) is 0 Å². The summed E-state index contributed by atoms with van der Waals surface area (Å²) in [6.45, 7) is 5.08. The molecule has 26 heavy (non-hydrogen) atoms. The maximum Gasteiger partial charge on any atom is 0.222 e. The zero-order valence-electron chi connectivity index (χ0n) is 15.8. The second kappa shape index (κ2) is 8.53. The number of ether oxygens (including phenoxy) is 1. The standard InChI is InChI=1S/C22H32N2O2/c25-22(16-18-6-7-18)24-14-10-21(11-15-24)26-20-8-12-23(13-9-20)17-19-4-2-1-3-5-19/h1-5,18,20-21H,6-17H2. The summed E-state index contributed by atoms with van der Waals surface area (Å²) in [6, 6.07) is 10.7. The fourth-order valence-electron chi connectivity index (χ4n) is 4.26. The molecule has 4 nitrogen and oxygen atoms in total. The lowest BCUT2D eigenvalue weighted by atomic mass is 10.0. The highest BCUT2D eigenvalue weighted by molar-refractivity contribution is 5.76. The van der Waals surface area contributed by atoms with Crippen molar-refractivity contribution in [3.8, 4) is 0 Å². The smallest absolute Gasteiger partial charge is 0.222 e. The van der Waals surface area contributed by atoms with Gasteiger partial charge in [-0.2, -0.15) is 0 Å². The van der Waals surface area contributed by atoms with E-state index in [-0.39, 0.29) is 0 Å². The van der Waals surface area contributed by atoms with Crippen LogP contribution in [0.1, 0.15) is 50.5 Å². The van der Waals surface area contributed by atoms with Gasteiger partial charge in [0.05, 0.1) is 12.2 Å². The molecule has 0 atom stereocenters. The molecule has 3 aliphatic rings. The minimum Gasteiger partial charge on any atom is -0.375 e. The summed E-state index contributed by atoms with van der Waals surface area (Å²) in [5.41, 5.74) is 1.40. The maximum atomic E-state index is 12.2. The number of carbonyl (C=O) groups excluding carboxylic acids is 1. The zero-order chi connectivity index (χ0) is 17.8. The van der Waals surface area contributed by atoms with Gasteiger partial charge in [-0.05, 0) is 50.0 Å². The van der Waals surface area contributed by atoms with Crippen LogP contribution in [-0.4, -0.2) is 54.1 Å². The molecule has 4 heteroatoms. The van der Waals surface area contributed by atoms with Crippen molar-refractivity contribution in [3.63, 3.8) is 0 Å². The summed E-state index contributed by atoms with van der Waals surface area (Å²) in [6.07, 6.45) is 8.35. The third kappa shape index (κ3) is 5.08. The number of hydrogen-bond acceptors (Lipinski definition) is 3. The van der Waals surface area contributed by atoms with Gasteiger partial charge in [0.2, 0.25) is 5.91 Å². The lowest BCUT2D eigenvalue weighted by Gasteiger charge is -2.37. The van der Waals surface area contributed by atoms with Crippen molar-refractivity contribution in [3.05, 3.63) is 35.9 Å². The van der Waals surface area contributed by atoms with Crippen molar-refractivity contribution in [2.45, 2.75) is 63.7 Å². The van der Waals surface area contributed by atoms with Crippen LogP contribution in [0.2, 0.25) is 0 Å². The van der Waals surface area contributed by atoms with E-state index < -0.39 is 0 Å². The maximum absolute atomic E-state index is 12.2. The Morgan fingerprint density at radius 1 is 0.885 bits per heavy atom. The van der Waals surface area contributed by atoms with E-state index in [0.29, 0.717) is 24.0 Å². The van der Waals surface area contributed by atoms with Crippen molar-refractivity contribution in [1.29, 1.82) is 0 Å². The number of amides is 1. The van der Waals surface area contributed by atoms with Crippen LogP contribution < -0.4 is 0 Å². The van der Waals surface area contributed by atoms with Gasteiger partial charge in [0.25, 0.3) is 0 Å². The molecule has 0 bridgehead atoms. The molecule has 2 saturated heterocycles. The number of likely N-dealkylation sites (tertiary alicyclic amines) is 2. The van der Waals surface area contributed by atoms with Gasteiger partial charge in [0.15, 0.2) is 0 Å². The first kappa shape index (κ1) is 18.0. The predicted octanol–water partition coefficient (Wildman–Crippen LogP) is 3.46. The summed E-state index contributed by atoms with van der Waals surface area (Å²) in [4.78, 5) is 16.8. The minimum absolute atomic E-state index is 0.352. The van der Waals surface area contributed by atoms with Crippen molar-refractivity contribution >= 4 is 5.91 Å². The molecule has 2 heterocycles. The van der Waals surface area contributed by atoms with Gasteiger partial charge in [-0.1, -0.05) is 30.3 Å². The van der Waals surface area contributed by atoms with E-state index in [9.17, 15) is 4.79 Å². The number of piperidine rings is 2. The van der Waals surface area contributed by atoms with E-state index in [2.05, 4.69) is 40.1 Å². The number of nitrogens with zero attached hydrogens (tertiary/aromatic N) is 2. The number of hydrogen-bond donors (Lipinski definition) is 0. The van der Waals surface area contributed by atoms with E-state index in [1.165, 1.54) is 18.4 Å². The molecule has 0 unspecified atom stereocenters. The Balaban J connectivity index is 1.14. The first-order chi connectivity index (χ1) is 12.8. The number of carbonyl (C=O) groups is 1. The molecule has 1 aromatic carbocycles. The summed E-state index contributed by atoms with van der Waals surface area (Å²) >= 11 is 0. The topological polar surface area (TPSA) is 32.8 Å². The molecule has 2 aliphatic heterocycles. The highest BCUT2D eigenvalue weighted by Gasteiger charge is 2.30. The van der Waals surface area contributed by atoms with Crippen molar-refractivity contribution in [2.24, 2.45) is 5.92 Å². The largest absolute Gasteiger partial charge is 0.375 e. The van der Waals surface area contributed by atoms with Crippen LogP contribution in [0.15, 0.2) is 30.3 Å². The Morgan fingerprint density at radius 2 is 1.50 bits per heavy atom. The molecular formula is C22H32N2O2. The van der Waals surface area contributed by atoms with Crippen molar-refractivity contribution < 1.29 is 9.53 Å². The molecule has 1 amide bonds. The average molecular weight is 357 g/mol. The van der Waals surface area contributed by atoms with Gasteiger partial charge >= 0.3 is 0 Å². The Hall–Kier alpha value is -1.39. The Labute approximate surface area is 157 Å². The molecule has 1 saturated carbocycles. The van der Waals surface area contributed by atoms with E-state index in [4.69, 9.17) is 4.74 Å². The van der Waals surface area contributed by atoms with Gasteiger partial charge in [-0.15, -0.1) is 0 Å². The third-order valence-electron chi connectivity index (χ3n) is 6.12. The third-order valence-corrected chi connectivity index (χ3v) is 6.12. The summed E-state index contributed by atoms with van der Waals surface area (Å²) in [5.74, 6) is 1.07. The van der Waals surface area contributed by atoms with Crippen molar-refractivity contribution in [1.82, 2.24) is 9.80 Å². The second-order valence-electron chi connectivity index (χ2n) is 8.32. The normalized spacial score (nSPS) is 23.3. The molecule has 1 aromatic rings. The van der Waals surface area contributed by atoms with E-state index in [0.717, 1.165) is 64.8 Å². The summed E-state index contributed by atoms with van der Waals surface area (Å²) in [5, 5.41) is 0. The van der Waals surface area contributed by atoms with Gasteiger partial charge < -0.3 is 9.64 Å². The summed E-state index contributed by atoms with van der Waals surface area (Å²) in [7, 11) is 0. The molecule has 0 aromatic heterocycles. The Bertz CT molecular complexity index is 571. The van der Waals surface area contributed by atoms with Crippen LogP contribution in [0.4, 0.5) is 0 Å². The van der Waals surface area contributed by atoms with Crippen LogP contribution in [0.25, 0.3) is 0 Å². The van der Waals surface area contributed by atoms with Crippen LogP contribution in [0.3, 0.4) is 0 Å². The first-order valence-corrected chi connectivity index (χ1v) is 10.5. The van der Waals surface area contributed by atoms with Gasteiger partial charge in [0, 0.05) is 39.1 Å². The fraction of sp³-hybridized carbons (Fsp3) is 0.682. The molecule has 4 rings (SSSR count). The second-order valence-corrected chi connectivity index (χ2v) is 8.32. The Morgan fingerprint density at radius 3 is 2.12 bits per heavy atom. The summed E-state index contributed by atoms with van der Waals surface area (Å²) < 4.78 is 6.39. The molecule has 1 aliphatic carbocycles. The average Bonchev–Trinajstić information content (AvgIpc) is 3.49. The molecule has 0 N–H and O–H groups in total. The monoisotopic (exact) mass is 356 g/mol. The van der Waals surface area contributed by atoms with E-state index in [1.807, 2.05) is 0 Å². The van der Waals surface area contributed by atoms with Crippen molar-refractivity contribution in [2.75, 3.05) is 26.2 Å². The SMILES string of the molecule is O=C(CC1CC1)N1CCC(OC2CCN(Cc3ccccc3)CC2)CC1. The van der Waals surface area contributed by atoms with E-state index in [1.54, 1.807) is 0 Å². The number of rotatable bonds is 6. The van der Waals surface area contributed by atoms with Crippen LogP contribution >= 0.6 is 0 Å². The predicted molar refractivity (Wildman–Crippen MR) is 103 cm³/mol. The van der Waals surface area contributed by atoms with Crippen LogP contribution in [-0.2, 0) is 16.1 Å².